The van der Waals surface area contributed by atoms with Gasteiger partial charge in [0.05, 0.1) is 10.5 Å². The fourth-order valence-electron chi connectivity index (χ4n) is 4.22. The average Bonchev–Trinajstić information content (AvgIpc) is 2.92. The highest BCUT2D eigenvalue weighted by atomic mass is 32.2. The number of carbonyl (C=O) groups excluding carboxylic acids is 3. The summed E-state index contributed by atoms with van der Waals surface area (Å²) in [5.41, 5.74) is 0.684. The van der Waals surface area contributed by atoms with Crippen molar-refractivity contribution in [2.75, 3.05) is 6.54 Å². The van der Waals surface area contributed by atoms with Crippen LogP contribution in [0.15, 0.2) is 47.5 Å². The molecule has 1 saturated carbocycles. The molecule has 11 heteroatoms. The number of pyridine rings is 1. The summed E-state index contributed by atoms with van der Waals surface area (Å²) in [6.45, 7) is 4.17. The summed E-state index contributed by atoms with van der Waals surface area (Å²) in [6.07, 6.45) is 6.83. The minimum atomic E-state index is -4.16. The minimum Gasteiger partial charge on any atom is -0.431 e. The lowest BCUT2D eigenvalue weighted by molar-refractivity contribution is -0.125. The van der Waals surface area contributed by atoms with Gasteiger partial charge in [0, 0.05) is 24.7 Å². The lowest BCUT2D eigenvalue weighted by Crippen LogP contribution is -2.33. The number of aromatic nitrogens is 1. The summed E-state index contributed by atoms with van der Waals surface area (Å²) in [5.74, 6) is -0.852. The van der Waals surface area contributed by atoms with Gasteiger partial charge in [-0.2, -0.15) is 0 Å². The normalized spacial score (nSPS) is 14.1. The first-order valence-corrected chi connectivity index (χ1v) is 14.5. The fraction of sp³-hybridized carbons (Fsp3) is 0.481. The second-order valence-electron chi connectivity index (χ2n) is 9.25. The summed E-state index contributed by atoms with van der Waals surface area (Å²) in [7, 11) is -4.16. The SMILES string of the molecule is CCC(CC)OC(=O)Oc1ccc(C(=O)NS(=O)(=O)c2cccc(CCNC(=O)C3CCCCC3)c2)cn1. The predicted molar refractivity (Wildman–Crippen MR) is 140 cm³/mol. The molecular weight excluding hydrogens is 510 g/mol. The van der Waals surface area contributed by atoms with Gasteiger partial charge in [-0.05, 0) is 55.9 Å². The molecule has 0 unspecified atom stereocenters. The van der Waals surface area contributed by atoms with Crippen LogP contribution in [0.3, 0.4) is 0 Å². The van der Waals surface area contributed by atoms with Gasteiger partial charge in [-0.3, -0.25) is 9.59 Å². The highest BCUT2D eigenvalue weighted by Gasteiger charge is 2.22. The Hall–Kier alpha value is -3.47. The van der Waals surface area contributed by atoms with Crippen LogP contribution < -0.4 is 14.8 Å². The molecule has 0 radical (unpaired) electrons. The number of nitrogens with one attached hydrogen (secondary N) is 2. The highest BCUT2D eigenvalue weighted by Crippen LogP contribution is 2.23. The van der Waals surface area contributed by atoms with E-state index in [1.165, 1.54) is 30.7 Å². The third-order valence-corrected chi connectivity index (χ3v) is 7.81. The van der Waals surface area contributed by atoms with Crippen LogP contribution >= 0.6 is 0 Å². The Kier molecular flexibility index (Phi) is 10.6. The van der Waals surface area contributed by atoms with E-state index in [9.17, 15) is 22.8 Å². The van der Waals surface area contributed by atoms with Gasteiger partial charge in [-0.1, -0.05) is 45.2 Å². The van der Waals surface area contributed by atoms with Gasteiger partial charge in [-0.15, -0.1) is 0 Å². The van der Waals surface area contributed by atoms with Crippen LogP contribution in [-0.2, 0) is 26.0 Å². The number of amides is 2. The fourth-order valence-corrected chi connectivity index (χ4v) is 5.27. The zero-order valence-corrected chi connectivity index (χ0v) is 22.6. The van der Waals surface area contributed by atoms with E-state index in [-0.39, 0.29) is 34.3 Å². The standard InChI is InChI=1S/C27H35N3O7S/c1-3-22(4-2)36-27(33)37-24-14-13-21(18-29-24)26(32)30-38(34,35)23-12-8-9-19(17-23)15-16-28-25(31)20-10-6-5-7-11-20/h8-9,12-14,17-18,20,22H,3-7,10-11,15-16H2,1-2H3,(H,28,31)(H,30,32). The van der Waals surface area contributed by atoms with E-state index in [4.69, 9.17) is 9.47 Å². The third-order valence-electron chi connectivity index (χ3n) is 6.48. The van der Waals surface area contributed by atoms with Crippen molar-refractivity contribution in [3.05, 3.63) is 53.7 Å². The molecule has 1 aromatic carbocycles. The Morgan fingerprint density at radius 1 is 1.05 bits per heavy atom. The van der Waals surface area contributed by atoms with E-state index in [1.807, 2.05) is 18.6 Å². The molecule has 1 heterocycles. The predicted octanol–water partition coefficient (Wildman–Crippen LogP) is 4.14. The van der Waals surface area contributed by atoms with Crippen molar-refractivity contribution in [2.45, 2.75) is 76.2 Å². The number of sulfonamides is 1. The molecule has 2 amide bonds. The molecule has 2 aromatic rings. The van der Waals surface area contributed by atoms with E-state index in [1.54, 1.807) is 12.1 Å². The molecule has 0 aliphatic heterocycles. The zero-order valence-electron chi connectivity index (χ0n) is 21.8. The monoisotopic (exact) mass is 545 g/mol. The van der Waals surface area contributed by atoms with Crippen LogP contribution in [0.2, 0.25) is 0 Å². The Balaban J connectivity index is 1.54. The molecule has 2 N–H and O–H groups in total. The van der Waals surface area contributed by atoms with Crippen molar-refractivity contribution in [1.82, 2.24) is 15.0 Å². The molecule has 0 bridgehead atoms. The Morgan fingerprint density at radius 2 is 1.79 bits per heavy atom. The largest absolute Gasteiger partial charge is 0.515 e. The minimum absolute atomic E-state index is 0.0316. The second-order valence-corrected chi connectivity index (χ2v) is 10.9. The van der Waals surface area contributed by atoms with Crippen LogP contribution in [0.25, 0.3) is 0 Å². The maximum Gasteiger partial charge on any atom is 0.515 e. The molecule has 1 aliphatic rings. The topological polar surface area (TPSA) is 141 Å². The summed E-state index contributed by atoms with van der Waals surface area (Å²) >= 11 is 0. The van der Waals surface area contributed by atoms with Gasteiger partial charge < -0.3 is 14.8 Å². The maximum atomic E-state index is 12.8. The van der Waals surface area contributed by atoms with Crippen molar-refractivity contribution in [2.24, 2.45) is 5.92 Å². The van der Waals surface area contributed by atoms with Crippen LogP contribution in [-0.4, -0.2) is 44.0 Å². The smallest absolute Gasteiger partial charge is 0.431 e. The molecule has 38 heavy (non-hydrogen) atoms. The van der Waals surface area contributed by atoms with Gasteiger partial charge in [0.1, 0.15) is 6.10 Å². The van der Waals surface area contributed by atoms with Crippen LogP contribution in [0.5, 0.6) is 5.88 Å². The molecule has 3 rings (SSSR count). The number of rotatable bonds is 11. The molecule has 206 valence electrons. The Labute approximate surface area is 223 Å². The zero-order chi connectivity index (χ0) is 27.5. The molecule has 0 spiro atoms. The number of hydrogen-bond acceptors (Lipinski definition) is 8. The maximum absolute atomic E-state index is 12.8. The molecule has 1 aliphatic carbocycles. The summed E-state index contributed by atoms with van der Waals surface area (Å²) in [4.78, 5) is 40.5. The van der Waals surface area contributed by atoms with Crippen LogP contribution in [0.1, 0.15) is 74.7 Å². The third kappa shape index (κ3) is 8.54. The summed E-state index contributed by atoms with van der Waals surface area (Å²) < 4.78 is 37.8. The van der Waals surface area contributed by atoms with Crippen molar-refractivity contribution in [3.63, 3.8) is 0 Å². The number of nitrogens with zero attached hydrogens (tertiary/aromatic N) is 1. The Morgan fingerprint density at radius 3 is 2.45 bits per heavy atom. The molecule has 10 nitrogen and oxygen atoms in total. The number of benzene rings is 1. The van der Waals surface area contributed by atoms with E-state index >= 15 is 0 Å². The van der Waals surface area contributed by atoms with Gasteiger partial charge in [0.25, 0.3) is 15.9 Å². The first-order chi connectivity index (χ1) is 18.2. The van der Waals surface area contributed by atoms with Crippen LogP contribution in [0.4, 0.5) is 4.79 Å². The van der Waals surface area contributed by atoms with Gasteiger partial charge in [0.2, 0.25) is 11.8 Å². The van der Waals surface area contributed by atoms with E-state index in [0.29, 0.717) is 31.4 Å². The molecular formula is C27H35N3O7S. The van der Waals surface area contributed by atoms with E-state index in [0.717, 1.165) is 31.9 Å². The van der Waals surface area contributed by atoms with Crippen molar-refractivity contribution < 1.29 is 32.3 Å². The van der Waals surface area contributed by atoms with Crippen molar-refractivity contribution in [1.29, 1.82) is 0 Å². The van der Waals surface area contributed by atoms with E-state index < -0.39 is 22.1 Å². The first-order valence-electron chi connectivity index (χ1n) is 13.0. The highest BCUT2D eigenvalue weighted by molar-refractivity contribution is 7.90. The quantitative estimate of drug-likeness (QED) is 0.401. The number of carbonyl (C=O) groups is 3. The first kappa shape index (κ1) is 29.1. The lowest BCUT2D eigenvalue weighted by atomic mass is 9.88. The van der Waals surface area contributed by atoms with E-state index in [2.05, 4.69) is 10.3 Å². The summed E-state index contributed by atoms with van der Waals surface area (Å²) in [5, 5.41) is 2.94. The van der Waals surface area contributed by atoms with Crippen LogP contribution in [0, 0.1) is 5.92 Å². The van der Waals surface area contributed by atoms with Crippen molar-refractivity contribution in [3.8, 4) is 5.88 Å². The van der Waals surface area contributed by atoms with Gasteiger partial charge in [-0.25, -0.2) is 22.9 Å². The molecule has 0 saturated heterocycles. The Bertz CT molecular complexity index is 1210. The summed E-state index contributed by atoms with van der Waals surface area (Å²) in [6, 6.07) is 8.79. The van der Waals surface area contributed by atoms with Gasteiger partial charge in [0.15, 0.2) is 0 Å². The molecule has 1 fully saturated rings. The molecule has 1 aromatic heterocycles. The van der Waals surface area contributed by atoms with Gasteiger partial charge >= 0.3 is 6.16 Å². The molecule has 0 atom stereocenters. The van der Waals surface area contributed by atoms with Crippen molar-refractivity contribution >= 4 is 28.0 Å². The lowest BCUT2D eigenvalue weighted by Gasteiger charge is -2.20. The second kappa shape index (κ2) is 13.9. The number of hydrogen-bond donors (Lipinski definition) is 2. The number of ether oxygens (including phenoxy) is 2. The average molecular weight is 546 g/mol.